The summed E-state index contributed by atoms with van der Waals surface area (Å²) in [5.41, 5.74) is 0.108. The minimum atomic E-state index is -0.756. The van der Waals surface area contributed by atoms with E-state index in [2.05, 4.69) is 27.3 Å². The lowest BCUT2D eigenvalue weighted by Gasteiger charge is -2.38. The summed E-state index contributed by atoms with van der Waals surface area (Å²) in [7, 11) is 0. The molecule has 0 spiro atoms. The first-order valence-corrected chi connectivity index (χ1v) is 6.24. The van der Waals surface area contributed by atoms with E-state index < -0.39 is 5.60 Å². The average molecular weight is 286 g/mol. The van der Waals surface area contributed by atoms with Gasteiger partial charge in [-0.3, -0.25) is 0 Å². The molecule has 0 fully saturated rings. The van der Waals surface area contributed by atoms with Crippen LogP contribution >= 0.6 is 15.9 Å². The fourth-order valence-corrected chi connectivity index (χ4v) is 1.60. The zero-order valence-electron chi connectivity index (χ0n) is 10.3. The van der Waals surface area contributed by atoms with Crippen LogP contribution in [0.2, 0.25) is 0 Å². The highest BCUT2D eigenvalue weighted by atomic mass is 79.9. The molecule has 0 amide bonds. The maximum Gasteiger partial charge on any atom is 0.0767 e. The Morgan fingerprint density at radius 2 is 1.75 bits per heavy atom. The second-order valence-electron chi connectivity index (χ2n) is 5.13. The van der Waals surface area contributed by atoms with Gasteiger partial charge in [0.2, 0.25) is 0 Å². The molecule has 90 valence electrons. The molecule has 16 heavy (non-hydrogen) atoms. The summed E-state index contributed by atoms with van der Waals surface area (Å²) in [4.78, 5) is 0. The fourth-order valence-electron chi connectivity index (χ4n) is 1.17. The van der Waals surface area contributed by atoms with E-state index in [0.29, 0.717) is 0 Å². The zero-order chi connectivity index (χ0) is 12.4. The van der Waals surface area contributed by atoms with E-state index in [4.69, 9.17) is 0 Å². The third-order valence-corrected chi connectivity index (χ3v) is 3.98. The van der Waals surface area contributed by atoms with Crippen LogP contribution in [0.1, 0.15) is 33.3 Å². The molecule has 2 N–H and O–H groups in total. The van der Waals surface area contributed by atoms with Crippen molar-refractivity contribution in [2.75, 3.05) is 0 Å². The summed E-state index contributed by atoms with van der Waals surface area (Å²) in [5.74, 6) is 0. The standard InChI is InChI=1S/C13H20BrNO/c1-12(2,13(3,4)16)15-9-10-7-5-6-8-11(10)14/h5-8,15-16H,9H2,1-4H3. The topological polar surface area (TPSA) is 32.3 Å². The largest absolute Gasteiger partial charge is 0.389 e. The van der Waals surface area contributed by atoms with Crippen LogP contribution in [0.25, 0.3) is 0 Å². The Kier molecular flexibility index (Phi) is 4.16. The maximum atomic E-state index is 10.0. The normalized spacial score (nSPS) is 12.9. The Morgan fingerprint density at radius 1 is 1.19 bits per heavy atom. The summed E-state index contributed by atoms with van der Waals surface area (Å²) in [5, 5.41) is 13.4. The molecule has 0 unspecified atom stereocenters. The summed E-state index contributed by atoms with van der Waals surface area (Å²) in [6, 6.07) is 8.10. The monoisotopic (exact) mass is 285 g/mol. The number of hydrogen-bond acceptors (Lipinski definition) is 2. The number of benzene rings is 1. The van der Waals surface area contributed by atoms with E-state index >= 15 is 0 Å². The number of rotatable bonds is 4. The lowest BCUT2D eigenvalue weighted by atomic mass is 9.86. The highest BCUT2D eigenvalue weighted by Crippen LogP contribution is 2.22. The van der Waals surface area contributed by atoms with Gasteiger partial charge in [-0.15, -0.1) is 0 Å². The van der Waals surface area contributed by atoms with Gasteiger partial charge in [0.1, 0.15) is 0 Å². The number of hydrogen-bond donors (Lipinski definition) is 2. The van der Waals surface area contributed by atoms with E-state index in [-0.39, 0.29) is 5.54 Å². The van der Waals surface area contributed by atoms with Crippen molar-refractivity contribution >= 4 is 15.9 Å². The second kappa shape index (κ2) is 4.86. The Bertz CT molecular complexity index is 355. The van der Waals surface area contributed by atoms with E-state index in [9.17, 15) is 5.11 Å². The highest BCUT2D eigenvalue weighted by Gasteiger charge is 2.34. The van der Waals surface area contributed by atoms with Crippen LogP contribution in [0, 0.1) is 0 Å². The third-order valence-electron chi connectivity index (χ3n) is 3.21. The molecule has 0 saturated carbocycles. The van der Waals surface area contributed by atoms with Crippen molar-refractivity contribution in [2.45, 2.75) is 45.4 Å². The average Bonchev–Trinajstić information content (AvgIpc) is 2.15. The quantitative estimate of drug-likeness (QED) is 0.891. The van der Waals surface area contributed by atoms with Crippen LogP contribution in [-0.2, 0) is 6.54 Å². The Balaban J connectivity index is 2.69. The molecule has 2 nitrogen and oxygen atoms in total. The van der Waals surface area contributed by atoms with Crippen molar-refractivity contribution in [3.63, 3.8) is 0 Å². The number of nitrogens with one attached hydrogen (secondary N) is 1. The summed E-state index contributed by atoms with van der Waals surface area (Å²) in [6.45, 7) is 8.38. The van der Waals surface area contributed by atoms with Gasteiger partial charge in [0.05, 0.1) is 5.60 Å². The molecule has 0 bridgehead atoms. The van der Waals surface area contributed by atoms with Crippen LogP contribution in [0.4, 0.5) is 0 Å². The van der Waals surface area contributed by atoms with Crippen molar-refractivity contribution in [3.05, 3.63) is 34.3 Å². The molecule has 0 aliphatic heterocycles. The summed E-state index contributed by atoms with van der Waals surface area (Å²) >= 11 is 3.51. The molecule has 0 saturated heterocycles. The van der Waals surface area contributed by atoms with E-state index in [1.54, 1.807) is 0 Å². The van der Waals surface area contributed by atoms with Crippen molar-refractivity contribution in [3.8, 4) is 0 Å². The first-order valence-electron chi connectivity index (χ1n) is 5.45. The molecule has 1 rings (SSSR count). The van der Waals surface area contributed by atoms with Crippen molar-refractivity contribution in [1.82, 2.24) is 5.32 Å². The van der Waals surface area contributed by atoms with Crippen molar-refractivity contribution in [2.24, 2.45) is 0 Å². The van der Waals surface area contributed by atoms with Crippen LogP contribution in [0.3, 0.4) is 0 Å². The SMILES string of the molecule is CC(C)(O)C(C)(C)NCc1ccccc1Br. The Hall–Kier alpha value is -0.380. The molecule has 1 aromatic rings. The first kappa shape index (κ1) is 13.7. The van der Waals surface area contributed by atoms with Crippen molar-refractivity contribution < 1.29 is 5.11 Å². The van der Waals surface area contributed by atoms with Crippen molar-refractivity contribution in [1.29, 1.82) is 0 Å². The molecule has 0 aromatic heterocycles. The van der Waals surface area contributed by atoms with Gasteiger partial charge < -0.3 is 10.4 Å². The molecule has 0 heterocycles. The molecule has 1 aromatic carbocycles. The summed E-state index contributed by atoms with van der Waals surface area (Å²) < 4.78 is 1.09. The molecule has 0 atom stereocenters. The molecule has 3 heteroatoms. The molecule has 0 radical (unpaired) electrons. The van der Waals surface area contributed by atoms with E-state index in [0.717, 1.165) is 11.0 Å². The molecular formula is C13H20BrNO. The Morgan fingerprint density at radius 3 is 2.25 bits per heavy atom. The van der Waals surface area contributed by atoms with Gasteiger partial charge in [0, 0.05) is 16.6 Å². The third kappa shape index (κ3) is 3.30. The summed E-state index contributed by atoms with van der Waals surface area (Å²) in [6.07, 6.45) is 0. The highest BCUT2D eigenvalue weighted by molar-refractivity contribution is 9.10. The zero-order valence-corrected chi connectivity index (χ0v) is 11.9. The van der Waals surface area contributed by atoms with Gasteiger partial charge in [-0.2, -0.15) is 0 Å². The van der Waals surface area contributed by atoms with E-state index in [1.165, 1.54) is 5.56 Å². The van der Waals surface area contributed by atoms with Crippen LogP contribution in [-0.4, -0.2) is 16.2 Å². The molecule has 0 aliphatic carbocycles. The van der Waals surface area contributed by atoms with Crippen LogP contribution in [0.5, 0.6) is 0 Å². The van der Waals surface area contributed by atoms with Crippen LogP contribution < -0.4 is 5.32 Å². The minimum Gasteiger partial charge on any atom is -0.389 e. The second-order valence-corrected chi connectivity index (χ2v) is 5.98. The molecule has 0 aliphatic rings. The van der Waals surface area contributed by atoms with Gasteiger partial charge in [-0.25, -0.2) is 0 Å². The first-order chi connectivity index (χ1) is 7.24. The van der Waals surface area contributed by atoms with Gasteiger partial charge in [-0.1, -0.05) is 34.1 Å². The van der Waals surface area contributed by atoms with Crippen LogP contribution in [0.15, 0.2) is 28.7 Å². The number of aliphatic hydroxyl groups is 1. The lowest BCUT2D eigenvalue weighted by Crippen LogP contribution is -2.55. The van der Waals surface area contributed by atoms with E-state index in [1.807, 2.05) is 45.9 Å². The number of halogens is 1. The molecular weight excluding hydrogens is 266 g/mol. The maximum absolute atomic E-state index is 10.0. The Labute approximate surface area is 106 Å². The van der Waals surface area contributed by atoms with Gasteiger partial charge >= 0.3 is 0 Å². The fraction of sp³-hybridized carbons (Fsp3) is 0.538. The lowest BCUT2D eigenvalue weighted by molar-refractivity contribution is -0.00534. The van der Waals surface area contributed by atoms with Gasteiger partial charge in [0.15, 0.2) is 0 Å². The van der Waals surface area contributed by atoms with Gasteiger partial charge in [0.25, 0.3) is 0 Å². The van der Waals surface area contributed by atoms with Gasteiger partial charge in [-0.05, 0) is 39.3 Å². The minimum absolute atomic E-state index is 0.331. The predicted molar refractivity (Wildman–Crippen MR) is 71.4 cm³/mol. The smallest absolute Gasteiger partial charge is 0.0767 e. The predicted octanol–water partition coefficient (Wildman–Crippen LogP) is 3.09.